The molecule has 0 atom stereocenters. The van der Waals surface area contributed by atoms with Crippen molar-refractivity contribution in [1.29, 1.82) is 0 Å². The van der Waals surface area contributed by atoms with E-state index in [9.17, 15) is 0 Å². The fraction of sp³-hybridized carbons (Fsp3) is 0.733. The van der Waals surface area contributed by atoms with Gasteiger partial charge < -0.3 is 10.1 Å². The third-order valence-corrected chi connectivity index (χ3v) is 4.83. The monoisotopic (exact) mass is 391 g/mol. The van der Waals surface area contributed by atoms with Gasteiger partial charge in [0.2, 0.25) is 0 Å². The van der Waals surface area contributed by atoms with Gasteiger partial charge in [-0.25, -0.2) is 9.97 Å². The van der Waals surface area contributed by atoms with Gasteiger partial charge in [-0.05, 0) is 47.8 Å². The molecule has 0 saturated heterocycles. The van der Waals surface area contributed by atoms with Crippen molar-refractivity contribution in [3.8, 4) is 0 Å². The Hall–Kier alpha value is -0.430. The summed E-state index contributed by atoms with van der Waals surface area (Å²) >= 11 is 2.33. The second-order valence-electron chi connectivity index (χ2n) is 5.41. The van der Waals surface area contributed by atoms with Crippen LogP contribution in [0.2, 0.25) is 0 Å². The number of ether oxygens (including phenoxy) is 1. The van der Waals surface area contributed by atoms with Crippen molar-refractivity contribution in [1.82, 2.24) is 9.97 Å². The summed E-state index contributed by atoms with van der Waals surface area (Å²) in [5, 5.41) is 3.18. The molecule has 4 nitrogen and oxygen atoms in total. The summed E-state index contributed by atoms with van der Waals surface area (Å²) in [6.07, 6.45) is 2.69. The van der Waals surface area contributed by atoms with E-state index >= 15 is 0 Å². The van der Waals surface area contributed by atoms with Crippen LogP contribution in [-0.2, 0) is 16.8 Å². The fourth-order valence-electron chi connectivity index (χ4n) is 2.33. The maximum absolute atomic E-state index is 5.77. The van der Waals surface area contributed by atoms with Crippen LogP contribution < -0.4 is 5.32 Å². The Morgan fingerprint density at radius 2 is 1.85 bits per heavy atom. The van der Waals surface area contributed by atoms with Crippen molar-refractivity contribution >= 4 is 28.4 Å². The van der Waals surface area contributed by atoms with E-state index in [-0.39, 0.29) is 5.60 Å². The first-order chi connectivity index (χ1) is 9.43. The van der Waals surface area contributed by atoms with Crippen LogP contribution in [0.15, 0.2) is 0 Å². The number of nitrogens with one attached hydrogen (secondary N) is 1. The summed E-state index contributed by atoms with van der Waals surface area (Å²) in [7, 11) is 3.65. The van der Waals surface area contributed by atoms with Crippen LogP contribution >= 0.6 is 22.6 Å². The van der Waals surface area contributed by atoms with Crippen molar-refractivity contribution in [3.05, 3.63) is 15.1 Å². The number of methoxy groups -OCH3 is 1. The maximum atomic E-state index is 5.77. The van der Waals surface area contributed by atoms with Gasteiger partial charge in [-0.2, -0.15) is 0 Å². The highest BCUT2D eigenvalue weighted by Crippen LogP contribution is 2.32. The van der Waals surface area contributed by atoms with Crippen molar-refractivity contribution < 1.29 is 4.74 Å². The van der Waals surface area contributed by atoms with Crippen LogP contribution in [-0.4, -0.2) is 24.1 Å². The molecular weight excluding hydrogens is 365 g/mol. The second kappa shape index (κ2) is 7.54. The van der Waals surface area contributed by atoms with Crippen molar-refractivity contribution in [3.63, 3.8) is 0 Å². The Kier molecular flexibility index (Phi) is 6.64. The summed E-state index contributed by atoms with van der Waals surface area (Å²) in [5.74, 6) is 2.26. The molecule has 1 rings (SSSR count). The quantitative estimate of drug-likeness (QED) is 0.715. The predicted octanol–water partition coefficient (Wildman–Crippen LogP) is 3.98. The smallest absolute Gasteiger partial charge is 0.162 e. The predicted molar refractivity (Wildman–Crippen MR) is 92.1 cm³/mol. The number of nitrogens with zero attached hydrogens (tertiary/aromatic N) is 2. The van der Waals surface area contributed by atoms with Gasteiger partial charge in [-0.15, -0.1) is 0 Å². The first kappa shape index (κ1) is 17.6. The van der Waals surface area contributed by atoms with Crippen molar-refractivity contribution in [2.45, 2.75) is 52.6 Å². The molecule has 5 heteroatoms. The van der Waals surface area contributed by atoms with E-state index in [4.69, 9.17) is 9.72 Å². The van der Waals surface area contributed by atoms with Gasteiger partial charge in [-0.1, -0.05) is 27.7 Å². The highest BCUT2D eigenvalue weighted by Gasteiger charge is 2.32. The SMILES string of the molecule is CCC(CC)(OC)c1nc(CC(C)C)c(I)c(NC)n1. The molecule has 0 amide bonds. The molecule has 0 spiro atoms. The molecule has 0 fully saturated rings. The lowest BCUT2D eigenvalue weighted by atomic mass is 9.95. The molecule has 0 unspecified atom stereocenters. The Labute approximate surface area is 136 Å². The lowest BCUT2D eigenvalue weighted by Crippen LogP contribution is -2.30. The molecule has 1 heterocycles. The maximum Gasteiger partial charge on any atom is 0.162 e. The molecule has 1 aromatic heterocycles. The first-order valence-electron chi connectivity index (χ1n) is 7.23. The number of hydrogen-bond donors (Lipinski definition) is 1. The molecule has 1 aromatic rings. The third kappa shape index (κ3) is 3.61. The zero-order valence-electron chi connectivity index (χ0n) is 13.4. The van der Waals surface area contributed by atoms with E-state index in [1.807, 2.05) is 7.05 Å². The zero-order chi connectivity index (χ0) is 15.3. The Morgan fingerprint density at radius 1 is 1.25 bits per heavy atom. The molecule has 0 bridgehead atoms. The van der Waals surface area contributed by atoms with E-state index in [2.05, 4.69) is 60.6 Å². The van der Waals surface area contributed by atoms with Crippen LogP contribution in [0.1, 0.15) is 52.1 Å². The van der Waals surface area contributed by atoms with E-state index < -0.39 is 0 Å². The van der Waals surface area contributed by atoms with E-state index in [0.29, 0.717) is 5.92 Å². The van der Waals surface area contributed by atoms with E-state index in [0.717, 1.165) is 40.2 Å². The summed E-state index contributed by atoms with van der Waals surface area (Å²) in [4.78, 5) is 9.51. The molecule has 0 saturated carbocycles. The number of anilines is 1. The Morgan fingerprint density at radius 3 is 2.25 bits per heavy atom. The van der Waals surface area contributed by atoms with Gasteiger partial charge in [-0.3, -0.25) is 0 Å². The molecular formula is C15H26IN3O. The van der Waals surface area contributed by atoms with Crippen LogP contribution in [0, 0.1) is 9.49 Å². The number of rotatable bonds is 7. The molecule has 20 heavy (non-hydrogen) atoms. The van der Waals surface area contributed by atoms with Crippen molar-refractivity contribution in [2.75, 3.05) is 19.5 Å². The van der Waals surface area contributed by atoms with Crippen molar-refractivity contribution in [2.24, 2.45) is 5.92 Å². The normalized spacial score (nSPS) is 12.0. The zero-order valence-corrected chi connectivity index (χ0v) is 15.5. The lowest BCUT2D eigenvalue weighted by Gasteiger charge is -2.29. The first-order valence-corrected chi connectivity index (χ1v) is 8.31. The van der Waals surface area contributed by atoms with Gasteiger partial charge in [0.1, 0.15) is 11.4 Å². The highest BCUT2D eigenvalue weighted by atomic mass is 127. The minimum atomic E-state index is -0.387. The molecule has 0 radical (unpaired) electrons. The Balaban J connectivity index is 3.40. The number of halogens is 1. The Bertz CT molecular complexity index is 437. The average molecular weight is 391 g/mol. The lowest BCUT2D eigenvalue weighted by molar-refractivity contribution is -0.0292. The van der Waals surface area contributed by atoms with Gasteiger partial charge in [0.05, 0.1) is 9.26 Å². The average Bonchev–Trinajstić information content (AvgIpc) is 2.43. The summed E-state index contributed by atoms with van der Waals surface area (Å²) < 4.78 is 6.88. The van der Waals surface area contributed by atoms with Crippen LogP contribution in [0.5, 0.6) is 0 Å². The molecule has 0 aliphatic heterocycles. The topological polar surface area (TPSA) is 47.0 Å². The molecule has 0 aromatic carbocycles. The second-order valence-corrected chi connectivity index (χ2v) is 6.49. The number of aromatic nitrogens is 2. The van der Waals surface area contributed by atoms with Gasteiger partial charge in [0, 0.05) is 14.2 Å². The molecule has 0 aliphatic carbocycles. The standard InChI is InChI=1S/C15H26IN3O/c1-7-15(8-2,20-6)14-18-11(9-10(3)4)12(16)13(17-5)19-14/h10H,7-9H2,1-6H3,(H,17,18,19). The fourth-order valence-corrected chi connectivity index (χ4v) is 3.06. The summed E-state index contributed by atoms with van der Waals surface area (Å²) in [6, 6.07) is 0. The number of hydrogen-bond acceptors (Lipinski definition) is 4. The van der Waals surface area contributed by atoms with Gasteiger partial charge >= 0.3 is 0 Å². The molecule has 0 aliphatic rings. The highest BCUT2D eigenvalue weighted by molar-refractivity contribution is 14.1. The third-order valence-electron chi connectivity index (χ3n) is 3.70. The summed E-state index contributed by atoms with van der Waals surface area (Å²) in [6.45, 7) is 8.66. The minimum absolute atomic E-state index is 0.387. The van der Waals surface area contributed by atoms with E-state index in [1.165, 1.54) is 0 Å². The minimum Gasteiger partial charge on any atom is -0.372 e. The van der Waals surface area contributed by atoms with Gasteiger partial charge in [0.15, 0.2) is 5.82 Å². The molecule has 114 valence electrons. The largest absolute Gasteiger partial charge is 0.372 e. The van der Waals surface area contributed by atoms with Gasteiger partial charge in [0.25, 0.3) is 0 Å². The van der Waals surface area contributed by atoms with Crippen LogP contribution in [0.25, 0.3) is 0 Å². The van der Waals surface area contributed by atoms with E-state index in [1.54, 1.807) is 7.11 Å². The summed E-state index contributed by atoms with van der Waals surface area (Å²) in [5.41, 5.74) is 0.722. The molecule has 1 N–H and O–H groups in total. The van der Waals surface area contributed by atoms with Crippen LogP contribution in [0.3, 0.4) is 0 Å². The van der Waals surface area contributed by atoms with Crippen LogP contribution in [0.4, 0.5) is 5.82 Å².